The van der Waals surface area contributed by atoms with Gasteiger partial charge in [0, 0.05) is 30.5 Å². The summed E-state index contributed by atoms with van der Waals surface area (Å²) in [5, 5.41) is 0. The molecule has 0 saturated carbocycles. The molecule has 0 unspecified atom stereocenters. The Hall–Kier alpha value is -1.70. The molecule has 0 fully saturated rings. The third-order valence-electron chi connectivity index (χ3n) is 4.83. The van der Waals surface area contributed by atoms with Crippen molar-refractivity contribution >= 4 is 37.5 Å². The fraction of sp³-hybridized carbons (Fsp3) is 0.350. The van der Waals surface area contributed by atoms with Gasteiger partial charge in [-0.25, -0.2) is 8.42 Å². The molecule has 0 spiro atoms. The number of hydrogen-bond donors (Lipinski definition) is 0. The molecule has 3 rings (SSSR count). The zero-order valence-corrected chi connectivity index (χ0v) is 18.0. The highest BCUT2D eigenvalue weighted by Gasteiger charge is 2.37. The number of rotatable bonds is 5. The Morgan fingerprint density at radius 2 is 1.93 bits per heavy atom. The van der Waals surface area contributed by atoms with Gasteiger partial charge in [-0.15, -0.1) is 0 Å². The van der Waals surface area contributed by atoms with Crippen molar-refractivity contribution in [3.63, 3.8) is 0 Å². The van der Waals surface area contributed by atoms with Crippen LogP contribution in [0.1, 0.15) is 31.9 Å². The van der Waals surface area contributed by atoms with E-state index in [1.807, 2.05) is 50.2 Å². The first-order chi connectivity index (χ1) is 12.8. The number of sulfonamides is 1. The van der Waals surface area contributed by atoms with E-state index in [9.17, 15) is 13.2 Å². The molecule has 0 aliphatic carbocycles. The van der Waals surface area contributed by atoms with Crippen LogP contribution in [0.25, 0.3) is 0 Å². The lowest BCUT2D eigenvalue weighted by Gasteiger charge is -2.26. The lowest BCUT2D eigenvalue weighted by molar-refractivity contribution is -0.116. The lowest BCUT2D eigenvalue weighted by atomic mass is 10.1. The van der Waals surface area contributed by atoms with E-state index in [0.717, 1.165) is 11.1 Å². The highest BCUT2D eigenvalue weighted by Crippen LogP contribution is 2.41. The molecule has 1 aliphatic heterocycles. The number of nitrogens with zero attached hydrogens (tertiary/aromatic N) is 2. The first-order valence-electron chi connectivity index (χ1n) is 8.92. The van der Waals surface area contributed by atoms with Gasteiger partial charge in [0.2, 0.25) is 15.9 Å². The van der Waals surface area contributed by atoms with Crippen molar-refractivity contribution in [1.29, 1.82) is 0 Å². The van der Waals surface area contributed by atoms with Crippen LogP contribution < -0.4 is 4.90 Å². The van der Waals surface area contributed by atoms with E-state index < -0.39 is 10.0 Å². The Bertz CT molecular complexity index is 961. The van der Waals surface area contributed by atoms with E-state index in [1.165, 1.54) is 11.2 Å². The molecule has 27 heavy (non-hydrogen) atoms. The van der Waals surface area contributed by atoms with Crippen molar-refractivity contribution in [1.82, 2.24) is 4.31 Å². The number of amides is 1. The summed E-state index contributed by atoms with van der Waals surface area (Å²) in [6, 6.07) is 13.0. The third-order valence-corrected chi connectivity index (χ3v) is 7.22. The van der Waals surface area contributed by atoms with Gasteiger partial charge >= 0.3 is 0 Å². The Labute approximate surface area is 169 Å². The number of halogens is 1. The molecule has 144 valence electrons. The molecule has 0 aromatic heterocycles. The van der Waals surface area contributed by atoms with Crippen molar-refractivity contribution < 1.29 is 13.2 Å². The Kier molecular flexibility index (Phi) is 5.74. The smallest absolute Gasteiger partial charge is 0.245 e. The molecule has 1 heterocycles. The molecule has 1 aliphatic rings. The monoisotopic (exact) mass is 450 g/mol. The van der Waals surface area contributed by atoms with Crippen LogP contribution in [0.5, 0.6) is 0 Å². The predicted molar refractivity (Wildman–Crippen MR) is 110 cm³/mol. The van der Waals surface area contributed by atoms with Crippen LogP contribution in [0.4, 0.5) is 5.69 Å². The molecular formula is C20H23BrN2O3S. The number of hydrogen-bond acceptors (Lipinski definition) is 3. The van der Waals surface area contributed by atoms with Gasteiger partial charge in [-0.05, 0) is 36.6 Å². The SMILES string of the molecule is CCN(Cc1ccccc1)S(=O)(=O)c1cc(Br)cc2c1N(C(C)=O)[C@@H](C)C2. The summed E-state index contributed by atoms with van der Waals surface area (Å²) < 4.78 is 29.2. The predicted octanol–water partition coefficient (Wildman–Crippen LogP) is 3.96. The van der Waals surface area contributed by atoms with Gasteiger partial charge in [0.1, 0.15) is 4.90 Å². The second-order valence-electron chi connectivity index (χ2n) is 6.77. The van der Waals surface area contributed by atoms with Crippen LogP contribution >= 0.6 is 15.9 Å². The van der Waals surface area contributed by atoms with Crippen LogP contribution in [0.15, 0.2) is 51.8 Å². The maximum atomic E-state index is 13.5. The van der Waals surface area contributed by atoms with Crippen molar-refractivity contribution in [3.05, 3.63) is 58.1 Å². The quantitative estimate of drug-likeness (QED) is 0.692. The van der Waals surface area contributed by atoms with Crippen LogP contribution in [-0.4, -0.2) is 31.2 Å². The first-order valence-corrected chi connectivity index (χ1v) is 11.1. The highest BCUT2D eigenvalue weighted by atomic mass is 79.9. The minimum absolute atomic E-state index is 0.0649. The topological polar surface area (TPSA) is 57.7 Å². The summed E-state index contributed by atoms with van der Waals surface area (Å²) in [5.74, 6) is -0.147. The number of anilines is 1. The molecule has 0 saturated heterocycles. The Morgan fingerprint density at radius 3 is 2.52 bits per heavy atom. The van der Waals surface area contributed by atoms with Gasteiger partial charge in [0.15, 0.2) is 0 Å². The summed E-state index contributed by atoms with van der Waals surface area (Å²) in [6.45, 7) is 5.87. The molecule has 2 aromatic rings. The maximum Gasteiger partial charge on any atom is 0.245 e. The normalized spacial score (nSPS) is 16.6. The average Bonchev–Trinajstić information content (AvgIpc) is 2.95. The van der Waals surface area contributed by atoms with E-state index in [2.05, 4.69) is 15.9 Å². The molecule has 1 amide bonds. The molecule has 5 nitrogen and oxygen atoms in total. The molecule has 0 N–H and O–H groups in total. The van der Waals surface area contributed by atoms with Crippen LogP contribution in [0.3, 0.4) is 0 Å². The fourth-order valence-corrected chi connectivity index (χ4v) is 5.99. The molecule has 7 heteroatoms. The van der Waals surface area contributed by atoms with Crippen LogP contribution in [0.2, 0.25) is 0 Å². The van der Waals surface area contributed by atoms with Gasteiger partial charge in [-0.3, -0.25) is 4.79 Å². The standard InChI is InChI=1S/C20H23BrN2O3S/c1-4-22(13-16-8-6-5-7-9-16)27(25,26)19-12-18(21)11-17-10-14(2)23(15(3)24)20(17)19/h5-9,11-12,14H,4,10,13H2,1-3H3/t14-/m0/s1. The number of carbonyl (C=O) groups is 1. The molecule has 1 atom stereocenters. The van der Waals surface area contributed by atoms with Gasteiger partial charge in [0.25, 0.3) is 0 Å². The number of carbonyl (C=O) groups excluding carboxylic acids is 1. The zero-order valence-electron chi connectivity index (χ0n) is 15.6. The van der Waals surface area contributed by atoms with E-state index in [0.29, 0.717) is 23.1 Å². The maximum absolute atomic E-state index is 13.5. The second kappa shape index (κ2) is 7.73. The third kappa shape index (κ3) is 3.81. The number of fused-ring (bicyclic) bond motifs is 1. The van der Waals surface area contributed by atoms with Gasteiger partial charge in [-0.2, -0.15) is 4.31 Å². The molecule has 0 radical (unpaired) electrons. The molecular weight excluding hydrogens is 428 g/mol. The molecule has 0 bridgehead atoms. The van der Waals surface area contributed by atoms with E-state index >= 15 is 0 Å². The molecule has 2 aromatic carbocycles. The van der Waals surface area contributed by atoms with Crippen LogP contribution in [0, 0.1) is 0 Å². The van der Waals surface area contributed by atoms with Crippen molar-refractivity contribution in [3.8, 4) is 0 Å². The minimum Gasteiger partial charge on any atom is -0.308 e. The highest BCUT2D eigenvalue weighted by molar-refractivity contribution is 9.10. The van der Waals surface area contributed by atoms with Crippen LogP contribution in [-0.2, 0) is 27.8 Å². The summed E-state index contributed by atoms with van der Waals surface area (Å²) in [7, 11) is -3.78. The zero-order chi connectivity index (χ0) is 19.8. The van der Waals surface area contributed by atoms with E-state index in [-0.39, 0.29) is 23.4 Å². The summed E-state index contributed by atoms with van der Waals surface area (Å²) in [5.41, 5.74) is 2.32. The Balaban J connectivity index is 2.11. The van der Waals surface area contributed by atoms with E-state index in [4.69, 9.17) is 0 Å². The summed E-state index contributed by atoms with van der Waals surface area (Å²) in [4.78, 5) is 14.0. The minimum atomic E-state index is -3.78. The summed E-state index contributed by atoms with van der Waals surface area (Å²) in [6.07, 6.45) is 0.641. The van der Waals surface area contributed by atoms with Gasteiger partial charge in [0.05, 0.1) is 5.69 Å². The van der Waals surface area contributed by atoms with E-state index in [1.54, 1.807) is 11.0 Å². The van der Waals surface area contributed by atoms with Crippen molar-refractivity contribution in [2.45, 2.75) is 44.7 Å². The first kappa shape index (κ1) is 20.0. The number of benzene rings is 2. The van der Waals surface area contributed by atoms with Gasteiger partial charge in [-0.1, -0.05) is 53.2 Å². The lowest BCUT2D eigenvalue weighted by Crippen LogP contribution is -2.36. The van der Waals surface area contributed by atoms with Crippen molar-refractivity contribution in [2.24, 2.45) is 0 Å². The largest absolute Gasteiger partial charge is 0.308 e. The fourth-order valence-electron chi connectivity index (χ4n) is 3.64. The summed E-state index contributed by atoms with van der Waals surface area (Å²) >= 11 is 3.44. The average molecular weight is 451 g/mol. The van der Waals surface area contributed by atoms with Gasteiger partial charge < -0.3 is 4.90 Å². The Morgan fingerprint density at radius 1 is 1.26 bits per heavy atom. The van der Waals surface area contributed by atoms with Crippen molar-refractivity contribution in [2.75, 3.05) is 11.4 Å². The second-order valence-corrected chi connectivity index (χ2v) is 9.59.